The zero-order valence-electron chi connectivity index (χ0n) is 14.5. The molecule has 0 aliphatic carbocycles. The van der Waals surface area contributed by atoms with Crippen molar-refractivity contribution in [1.29, 1.82) is 0 Å². The van der Waals surface area contributed by atoms with Crippen molar-refractivity contribution in [2.75, 3.05) is 32.6 Å². The summed E-state index contributed by atoms with van der Waals surface area (Å²) in [6.45, 7) is 4.87. The number of allylic oxidation sites excluding steroid dienone is 1. The monoisotopic (exact) mass is 320 g/mol. The number of nitrogens with zero attached hydrogens (tertiary/aromatic N) is 1. The lowest BCUT2D eigenvalue weighted by Crippen LogP contribution is -2.30. The third-order valence-electron chi connectivity index (χ3n) is 3.38. The molecule has 5 heteroatoms. The predicted molar refractivity (Wildman–Crippen MR) is 93.8 cm³/mol. The van der Waals surface area contributed by atoms with Gasteiger partial charge in [0.05, 0.1) is 0 Å². The number of aliphatic hydroxyl groups is 1. The maximum atomic E-state index is 11.9. The highest BCUT2D eigenvalue weighted by Gasteiger charge is 2.07. The van der Waals surface area contributed by atoms with E-state index in [0.29, 0.717) is 12.3 Å². The Morgan fingerprint density at radius 3 is 2.39 bits per heavy atom. The Morgan fingerprint density at radius 1 is 1.26 bits per heavy atom. The summed E-state index contributed by atoms with van der Waals surface area (Å²) in [6, 6.07) is 7.14. The Kier molecular flexibility index (Phi) is 8.37. The molecular formula is C18H28N2O3. The molecule has 0 aliphatic heterocycles. The fourth-order valence-corrected chi connectivity index (χ4v) is 2.12. The number of amides is 1. The molecule has 0 radical (unpaired) electrons. The molecule has 0 spiro atoms. The molecule has 0 aromatic heterocycles. The predicted octanol–water partition coefficient (Wildman–Crippen LogP) is 2.67. The minimum absolute atomic E-state index is 0.112. The van der Waals surface area contributed by atoms with E-state index in [1.165, 1.54) is 0 Å². The molecule has 1 unspecified atom stereocenters. The molecule has 0 bridgehead atoms. The maximum absolute atomic E-state index is 11.9. The van der Waals surface area contributed by atoms with Crippen LogP contribution in [0.4, 0.5) is 5.69 Å². The number of aliphatic hydroxyl groups excluding tert-OH is 1. The van der Waals surface area contributed by atoms with E-state index in [1.807, 2.05) is 32.8 Å². The van der Waals surface area contributed by atoms with E-state index in [4.69, 9.17) is 4.74 Å². The van der Waals surface area contributed by atoms with Crippen LogP contribution in [0.5, 0.6) is 5.75 Å². The number of hydrogen-bond donors (Lipinski definition) is 2. The van der Waals surface area contributed by atoms with Crippen molar-refractivity contribution in [2.45, 2.75) is 32.8 Å². The van der Waals surface area contributed by atoms with Gasteiger partial charge < -0.3 is 20.1 Å². The van der Waals surface area contributed by atoms with Gasteiger partial charge >= 0.3 is 0 Å². The first-order valence-electron chi connectivity index (χ1n) is 8.00. The smallest absolute Gasteiger partial charge is 0.248 e. The zero-order valence-corrected chi connectivity index (χ0v) is 14.5. The number of carbonyl (C=O) groups excluding carboxylic acids is 1. The van der Waals surface area contributed by atoms with Crippen molar-refractivity contribution in [3.63, 3.8) is 0 Å². The molecule has 23 heavy (non-hydrogen) atoms. The first-order valence-corrected chi connectivity index (χ1v) is 8.00. The van der Waals surface area contributed by atoms with Crippen LogP contribution in [0.1, 0.15) is 26.7 Å². The van der Waals surface area contributed by atoms with E-state index in [-0.39, 0.29) is 12.5 Å². The molecule has 5 nitrogen and oxygen atoms in total. The lowest BCUT2D eigenvalue weighted by atomic mass is 10.1. The summed E-state index contributed by atoms with van der Waals surface area (Å²) in [4.78, 5) is 13.8. The SMILES string of the molecule is CCC(=CC(=O)Nc1ccc(OCC(O)CN(C)C)cc1)CC. The van der Waals surface area contributed by atoms with Gasteiger partial charge in [0.2, 0.25) is 5.91 Å². The minimum atomic E-state index is -0.531. The van der Waals surface area contributed by atoms with Crippen molar-refractivity contribution in [1.82, 2.24) is 4.90 Å². The molecule has 2 N–H and O–H groups in total. The van der Waals surface area contributed by atoms with Crippen LogP contribution in [-0.4, -0.2) is 49.3 Å². The van der Waals surface area contributed by atoms with Crippen LogP contribution >= 0.6 is 0 Å². The van der Waals surface area contributed by atoms with E-state index in [1.54, 1.807) is 30.3 Å². The van der Waals surface area contributed by atoms with E-state index in [2.05, 4.69) is 5.32 Å². The second-order valence-corrected chi connectivity index (χ2v) is 5.75. The summed E-state index contributed by atoms with van der Waals surface area (Å²) in [5, 5.41) is 12.6. The first-order chi connectivity index (χ1) is 10.9. The number of anilines is 1. The second-order valence-electron chi connectivity index (χ2n) is 5.75. The molecule has 128 valence electrons. The number of likely N-dealkylation sites (N-methyl/N-ethyl adjacent to an activating group) is 1. The van der Waals surface area contributed by atoms with Crippen molar-refractivity contribution in [3.05, 3.63) is 35.9 Å². The van der Waals surface area contributed by atoms with Crippen molar-refractivity contribution >= 4 is 11.6 Å². The molecule has 0 aliphatic rings. The van der Waals surface area contributed by atoms with Crippen LogP contribution in [0.15, 0.2) is 35.9 Å². The number of rotatable bonds is 9. The molecule has 0 fully saturated rings. The van der Waals surface area contributed by atoms with Crippen LogP contribution < -0.4 is 10.1 Å². The second kappa shape index (κ2) is 10.0. The first kappa shape index (κ1) is 19.2. The van der Waals surface area contributed by atoms with Crippen molar-refractivity contribution < 1.29 is 14.6 Å². The number of benzene rings is 1. The van der Waals surface area contributed by atoms with E-state index >= 15 is 0 Å². The van der Waals surface area contributed by atoms with Crippen LogP contribution in [0, 0.1) is 0 Å². The average molecular weight is 320 g/mol. The third-order valence-corrected chi connectivity index (χ3v) is 3.38. The van der Waals surface area contributed by atoms with E-state index in [0.717, 1.165) is 24.1 Å². The van der Waals surface area contributed by atoms with E-state index in [9.17, 15) is 9.90 Å². The number of ether oxygens (including phenoxy) is 1. The van der Waals surface area contributed by atoms with Crippen molar-refractivity contribution in [3.8, 4) is 5.75 Å². The fourth-order valence-electron chi connectivity index (χ4n) is 2.12. The molecule has 1 aromatic carbocycles. The molecular weight excluding hydrogens is 292 g/mol. The van der Waals surface area contributed by atoms with Crippen LogP contribution in [0.2, 0.25) is 0 Å². The summed E-state index contributed by atoms with van der Waals surface area (Å²) >= 11 is 0. The summed E-state index contributed by atoms with van der Waals surface area (Å²) < 4.78 is 5.53. The molecule has 0 heterocycles. The molecule has 1 rings (SSSR count). The van der Waals surface area contributed by atoms with Gasteiger partial charge in [-0.15, -0.1) is 0 Å². The molecule has 1 aromatic rings. The highest BCUT2D eigenvalue weighted by molar-refractivity contribution is 5.99. The zero-order chi connectivity index (χ0) is 17.2. The average Bonchev–Trinajstić information content (AvgIpc) is 2.51. The van der Waals surface area contributed by atoms with Gasteiger partial charge in [-0.3, -0.25) is 4.79 Å². The quantitative estimate of drug-likeness (QED) is 0.687. The highest BCUT2D eigenvalue weighted by Crippen LogP contribution is 2.16. The molecule has 0 saturated carbocycles. The number of carbonyl (C=O) groups is 1. The molecule has 1 atom stereocenters. The summed E-state index contributed by atoms with van der Waals surface area (Å²) in [5.74, 6) is 0.554. The summed E-state index contributed by atoms with van der Waals surface area (Å²) in [6.07, 6.45) is 2.89. The Bertz CT molecular complexity index is 504. The van der Waals surface area contributed by atoms with Crippen LogP contribution in [-0.2, 0) is 4.79 Å². The number of hydrogen-bond acceptors (Lipinski definition) is 4. The van der Waals surface area contributed by atoms with Crippen LogP contribution in [0.25, 0.3) is 0 Å². The van der Waals surface area contributed by atoms with Crippen molar-refractivity contribution in [2.24, 2.45) is 0 Å². The van der Waals surface area contributed by atoms with Gasteiger partial charge in [-0.2, -0.15) is 0 Å². The lowest BCUT2D eigenvalue weighted by Gasteiger charge is -2.16. The van der Waals surface area contributed by atoms with Gasteiger partial charge in [-0.1, -0.05) is 19.4 Å². The lowest BCUT2D eigenvalue weighted by molar-refractivity contribution is -0.112. The number of nitrogens with one attached hydrogen (secondary N) is 1. The standard InChI is InChI=1S/C18H28N2O3/c1-5-14(6-2)11-18(22)19-15-7-9-17(10-8-15)23-13-16(21)12-20(3)4/h7-11,16,21H,5-6,12-13H2,1-4H3,(H,19,22). The third kappa shape index (κ3) is 7.81. The molecule has 0 saturated heterocycles. The Labute approximate surface area is 139 Å². The Morgan fingerprint density at radius 2 is 1.87 bits per heavy atom. The van der Waals surface area contributed by atoms with Gasteiger partial charge in [-0.05, 0) is 51.2 Å². The van der Waals surface area contributed by atoms with Gasteiger partial charge in [0.15, 0.2) is 0 Å². The van der Waals surface area contributed by atoms with Crippen LogP contribution in [0.3, 0.4) is 0 Å². The Balaban J connectivity index is 2.50. The van der Waals surface area contributed by atoms with Gasteiger partial charge in [0, 0.05) is 18.3 Å². The summed E-state index contributed by atoms with van der Waals surface area (Å²) in [7, 11) is 3.80. The van der Waals surface area contributed by atoms with E-state index < -0.39 is 6.10 Å². The maximum Gasteiger partial charge on any atom is 0.248 e. The largest absolute Gasteiger partial charge is 0.491 e. The minimum Gasteiger partial charge on any atom is -0.491 e. The fraction of sp³-hybridized carbons (Fsp3) is 0.500. The topological polar surface area (TPSA) is 61.8 Å². The van der Waals surface area contributed by atoms with Gasteiger partial charge in [0.1, 0.15) is 18.5 Å². The Hall–Kier alpha value is -1.85. The molecule has 1 amide bonds. The summed E-state index contributed by atoms with van der Waals surface area (Å²) in [5.41, 5.74) is 1.84. The normalized spacial score (nSPS) is 11.9. The highest BCUT2D eigenvalue weighted by atomic mass is 16.5. The van der Waals surface area contributed by atoms with Gasteiger partial charge in [0.25, 0.3) is 0 Å². The van der Waals surface area contributed by atoms with Gasteiger partial charge in [-0.25, -0.2) is 0 Å².